The zero-order valence-corrected chi connectivity index (χ0v) is 7.67. The molecule has 1 rings (SSSR count). The van der Waals surface area contributed by atoms with Crippen LogP contribution in [0.15, 0.2) is 30.3 Å². The van der Waals surface area contributed by atoms with Gasteiger partial charge in [-0.3, -0.25) is 0 Å². The van der Waals surface area contributed by atoms with E-state index < -0.39 is 0 Å². The van der Waals surface area contributed by atoms with E-state index in [4.69, 9.17) is 16.7 Å². The number of benzene rings is 1. The van der Waals surface area contributed by atoms with E-state index in [1.165, 1.54) is 5.56 Å². The Balaban J connectivity index is 2.51. The summed E-state index contributed by atoms with van der Waals surface area (Å²) >= 11 is 5.66. The van der Waals surface area contributed by atoms with Crippen molar-refractivity contribution in [2.24, 2.45) is 5.92 Å². The second-order valence-corrected chi connectivity index (χ2v) is 3.20. The predicted molar refractivity (Wildman–Crippen MR) is 51.4 cm³/mol. The van der Waals surface area contributed by atoms with Crippen molar-refractivity contribution in [1.29, 1.82) is 0 Å². The summed E-state index contributed by atoms with van der Waals surface area (Å²) in [6.45, 7) is 0.165. The zero-order valence-electron chi connectivity index (χ0n) is 6.91. The van der Waals surface area contributed by atoms with Gasteiger partial charge in [0.25, 0.3) is 0 Å². The van der Waals surface area contributed by atoms with Gasteiger partial charge in [-0.1, -0.05) is 30.3 Å². The van der Waals surface area contributed by atoms with Crippen LogP contribution in [0.3, 0.4) is 0 Å². The van der Waals surface area contributed by atoms with Crippen molar-refractivity contribution in [3.8, 4) is 0 Å². The highest BCUT2D eigenvalue weighted by Gasteiger charge is 2.05. The molecule has 0 fully saturated rings. The van der Waals surface area contributed by atoms with Crippen molar-refractivity contribution in [1.82, 2.24) is 0 Å². The Morgan fingerprint density at radius 3 is 2.42 bits per heavy atom. The summed E-state index contributed by atoms with van der Waals surface area (Å²) in [4.78, 5) is 0. The summed E-state index contributed by atoms with van der Waals surface area (Å²) < 4.78 is 0. The molecule has 66 valence electrons. The summed E-state index contributed by atoms with van der Waals surface area (Å²) in [5, 5.41) is 8.90. The highest BCUT2D eigenvalue weighted by molar-refractivity contribution is 6.18. The van der Waals surface area contributed by atoms with Crippen LogP contribution in [-0.4, -0.2) is 17.6 Å². The smallest absolute Gasteiger partial charge is 0.0473 e. The monoisotopic (exact) mass is 184 g/mol. The second-order valence-electron chi connectivity index (χ2n) is 2.89. The maximum Gasteiger partial charge on any atom is 0.0473 e. The lowest BCUT2D eigenvalue weighted by atomic mass is 10.0. The average Bonchev–Trinajstić information content (AvgIpc) is 2.16. The Kier molecular flexibility index (Phi) is 4.12. The van der Waals surface area contributed by atoms with Gasteiger partial charge in [0, 0.05) is 12.5 Å². The van der Waals surface area contributed by atoms with Crippen LogP contribution in [0.1, 0.15) is 5.56 Å². The van der Waals surface area contributed by atoms with Crippen LogP contribution >= 0.6 is 11.6 Å². The molecule has 0 radical (unpaired) electrons. The van der Waals surface area contributed by atoms with E-state index in [2.05, 4.69) is 12.1 Å². The van der Waals surface area contributed by atoms with E-state index in [0.29, 0.717) is 5.88 Å². The van der Waals surface area contributed by atoms with Gasteiger partial charge in [0.05, 0.1) is 0 Å². The molecule has 0 saturated carbocycles. The van der Waals surface area contributed by atoms with Crippen molar-refractivity contribution < 1.29 is 5.11 Å². The molecule has 0 aromatic heterocycles. The summed E-state index contributed by atoms with van der Waals surface area (Å²) in [7, 11) is 0. The molecule has 1 aromatic carbocycles. The van der Waals surface area contributed by atoms with Gasteiger partial charge < -0.3 is 5.11 Å². The molecular weight excluding hydrogens is 172 g/mol. The third-order valence-corrected chi connectivity index (χ3v) is 2.28. The molecule has 0 amide bonds. The van der Waals surface area contributed by atoms with Crippen LogP contribution in [0.2, 0.25) is 0 Å². The van der Waals surface area contributed by atoms with Gasteiger partial charge in [-0.25, -0.2) is 0 Å². The molecule has 0 heterocycles. The molecule has 0 aliphatic rings. The van der Waals surface area contributed by atoms with Crippen molar-refractivity contribution in [2.45, 2.75) is 6.42 Å². The molecule has 0 aliphatic heterocycles. The Morgan fingerprint density at radius 1 is 1.25 bits per heavy atom. The fraction of sp³-hybridized carbons (Fsp3) is 0.400. The van der Waals surface area contributed by atoms with E-state index in [1.807, 2.05) is 18.2 Å². The van der Waals surface area contributed by atoms with E-state index >= 15 is 0 Å². The van der Waals surface area contributed by atoms with E-state index in [1.54, 1.807) is 0 Å². The molecular formula is C10H13ClO. The Bertz CT molecular complexity index is 206. The molecule has 0 saturated heterocycles. The molecule has 0 unspecified atom stereocenters. The number of aliphatic hydroxyl groups excluding tert-OH is 1. The van der Waals surface area contributed by atoms with E-state index in [-0.39, 0.29) is 12.5 Å². The van der Waals surface area contributed by atoms with Gasteiger partial charge in [0.1, 0.15) is 0 Å². The van der Waals surface area contributed by atoms with Crippen molar-refractivity contribution in [3.05, 3.63) is 35.9 Å². The van der Waals surface area contributed by atoms with Crippen LogP contribution in [0, 0.1) is 5.92 Å². The molecule has 0 bridgehead atoms. The molecule has 1 N–H and O–H groups in total. The maximum atomic E-state index is 8.90. The first-order chi connectivity index (χ1) is 5.86. The number of hydrogen-bond donors (Lipinski definition) is 1. The SMILES string of the molecule is OC[C@H](CCl)Cc1ccccc1. The molecule has 1 nitrogen and oxygen atoms in total. The quantitative estimate of drug-likeness (QED) is 0.711. The molecule has 1 aromatic rings. The first-order valence-corrected chi connectivity index (χ1v) is 4.61. The fourth-order valence-corrected chi connectivity index (χ4v) is 1.32. The fourth-order valence-electron chi connectivity index (χ4n) is 1.12. The standard InChI is InChI=1S/C10H13ClO/c11-7-10(8-12)6-9-4-2-1-3-5-9/h1-5,10,12H,6-8H2/t10-/m0/s1. The first kappa shape index (κ1) is 9.56. The molecule has 0 spiro atoms. The van der Waals surface area contributed by atoms with Gasteiger partial charge in [0.2, 0.25) is 0 Å². The van der Waals surface area contributed by atoms with E-state index in [0.717, 1.165) is 6.42 Å². The van der Waals surface area contributed by atoms with Gasteiger partial charge in [0.15, 0.2) is 0 Å². The molecule has 12 heavy (non-hydrogen) atoms. The molecule has 2 heteroatoms. The number of hydrogen-bond acceptors (Lipinski definition) is 1. The number of aliphatic hydroxyl groups is 1. The topological polar surface area (TPSA) is 20.2 Å². The first-order valence-electron chi connectivity index (χ1n) is 4.07. The lowest BCUT2D eigenvalue weighted by Gasteiger charge is -2.09. The van der Waals surface area contributed by atoms with Gasteiger partial charge in [-0.2, -0.15) is 0 Å². The molecule has 1 atom stereocenters. The Labute approximate surface area is 78.0 Å². The predicted octanol–water partition coefficient (Wildman–Crippen LogP) is 2.08. The van der Waals surface area contributed by atoms with Crippen LogP contribution in [-0.2, 0) is 6.42 Å². The lowest BCUT2D eigenvalue weighted by molar-refractivity contribution is 0.239. The van der Waals surface area contributed by atoms with Gasteiger partial charge in [-0.15, -0.1) is 11.6 Å². The van der Waals surface area contributed by atoms with Crippen LogP contribution in [0.5, 0.6) is 0 Å². The van der Waals surface area contributed by atoms with Gasteiger partial charge >= 0.3 is 0 Å². The number of halogens is 1. The van der Waals surface area contributed by atoms with Gasteiger partial charge in [-0.05, 0) is 17.9 Å². The maximum absolute atomic E-state index is 8.90. The van der Waals surface area contributed by atoms with Crippen LogP contribution in [0.4, 0.5) is 0 Å². The minimum atomic E-state index is 0.165. The minimum Gasteiger partial charge on any atom is -0.396 e. The Hall–Kier alpha value is -0.530. The lowest BCUT2D eigenvalue weighted by Crippen LogP contribution is -2.10. The summed E-state index contributed by atoms with van der Waals surface area (Å²) in [6.07, 6.45) is 0.862. The van der Waals surface area contributed by atoms with E-state index in [9.17, 15) is 0 Å². The third kappa shape index (κ3) is 2.84. The van der Waals surface area contributed by atoms with Crippen molar-refractivity contribution in [2.75, 3.05) is 12.5 Å². The minimum absolute atomic E-state index is 0.165. The summed E-state index contributed by atoms with van der Waals surface area (Å²) in [6, 6.07) is 10.1. The second kappa shape index (κ2) is 5.18. The molecule has 0 aliphatic carbocycles. The van der Waals surface area contributed by atoms with Crippen LogP contribution in [0.25, 0.3) is 0 Å². The van der Waals surface area contributed by atoms with Crippen molar-refractivity contribution >= 4 is 11.6 Å². The zero-order chi connectivity index (χ0) is 8.81. The Morgan fingerprint density at radius 2 is 1.92 bits per heavy atom. The van der Waals surface area contributed by atoms with Crippen molar-refractivity contribution in [3.63, 3.8) is 0 Å². The highest BCUT2D eigenvalue weighted by Crippen LogP contribution is 2.09. The number of rotatable bonds is 4. The largest absolute Gasteiger partial charge is 0.396 e. The van der Waals surface area contributed by atoms with Crippen LogP contribution < -0.4 is 0 Å². The highest BCUT2D eigenvalue weighted by atomic mass is 35.5. The number of alkyl halides is 1. The normalized spacial score (nSPS) is 12.8. The third-order valence-electron chi connectivity index (χ3n) is 1.84. The summed E-state index contributed by atoms with van der Waals surface area (Å²) in [5.41, 5.74) is 1.23. The summed E-state index contributed by atoms with van der Waals surface area (Å²) in [5.74, 6) is 0.708. The average molecular weight is 185 g/mol.